The molecule has 2 amide bonds. The molecule has 6 heteroatoms. The molecule has 0 saturated carbocycles. The summed E-state index contributed by atoms with van der Waals surface area (Å²) < 4.78 is 5.03. The molecule has 0 radical (unpaired) electrons. The first-order valence-corrected chi connectivity index (χ1v) is 7.87. The highest BCUT2D eigenvalue weighted by molar-refractivity contribution is 6.31. The van der Waals surface area contributed by atoms with Gasteiger partial charge in [0.05, 0.1) is 12.5 Å². The molecule has 0 aromatic heterocycles. The Hall–Kier alpha value is -1.75. The summed E-state index contributed by atoms with van der Waals surface area (Å²) in [6.45, 7) is 5.21. The Balaban J connectivity index is 1.90. The van der Waals surface area contributed by atoms with E-state index in [1.54, 1.807) is 24.0 Å². The SMILES string of the molecule is CCOC(=O)C1CCN(C(=O)Nc2cc(Cl)ccc2C)CC1. The van der Waals surface area contributed by atoms with Crippen molar-refractivity contribution in [2.75, 3.05) is 25.0 Å². The Morgan fingerprint density at radius 1 is 1.36 bits per heavy atom. The summed E-state index contributed by atoms with van der Waals surface area (Å²) in [5.74, 6) is -0.259. The summed E-state index contributed by atoms with van der Waals surface area (Å²) in [6, 6.07) is 5.23. The fraction of sp³-hybridized carbons (Fsp3) is 0.500. The quantitative estimate of drug-likeness (QED) is 0.866. The van der Waals surface area contributed by atoms with Gasteiger partial charge in [0.2, 0.25) is 0 Å². The van der Waals surface area contributed by atoms with Gasteiger partial charge < -0.3 is 15.0 Å². The molecule has 1 aromatic rings. The second kappa shape index (κ2) is 7.49. The van der Waals surface area contributed by atoms with Gasteiger partial charge in [0.1, 0.15) is 0 Å². The lowest BCUT2D eigenvalue weighted by molar-refractivity contribution is -0.149. The molecule has 1 fully saturated rings. The summed E-state index contributed by atoms with van der Waals surface area (Å²) >= 11 is 5.95. The van der Waals surface area contributed by atoms with E-state index in [1.165, 1.54) is 0 Å². The number of ether oxygens (including phenoxy) is 1. The number of urea groups is 1. The number of carbonyl (C=O) groups excluding carboxylic acids is 2. The number of halogens is 1. The summed E-state index contributed by atoms with van der Waals surface area (Å²) in [4.78, 5) is 25.7. The molecule has 1 N–H and O–H groups in total. The van der Waals surface area contributed by atoms with E-state index >= 15 is 0 Å². The van der Waals surface area contributed by atoms with Crippen molar-refractivity contribution in [1.82, 2.24) is 4.90 Å². The van der Waals surface area contributed by atoms with Gasteiger partial charge in [-0.2, -0.15) is 0 Å². The van der Waals surface area contributed by atoms with Gasteiger partial charge in [-0.15, -0.1) is 0 Å². The molecule has 5 nitrogen and oxygen atoms in total. The molecule has 1 heterocycles. The molecule has 1 aliphatic heterocycles. The Bertz CT molecular complexity index is 554. The first-order chi connectivity index (χ1) is 10.5. The number of piperidine rings is 1. The largest absolute Gasteiger partial charge is 0.466 e. The van der Waals surface area contributed by atoms with Crippen LogP contribution >= 0.6 is 11.6 Å². The molecule has 120 valence electrons. The van der Waals surface area contributed by atoms with Crippen molar-refractivity contribution >= 4 is 29.3 Å². The molecule has 22 heavy (non-hydrogen) atoms. The molecule has 1 saturated heterocycles. The molecular weight excluding hydrogens is 304 g/mol. The van der Waals surface area contributed by atoms with Gasteiger partial charge in [0.15, 0.2) is 0 Å². The van der Waals surface area contributed by atoms with Crippen molar-refractivity contribution in [1.29, 1.82) is 0 Å². The van der Waals surface area contributed by atoms with Gasteiger partial charge in [-0.25, -0.2) is 4.79 Å². The van der Waals surface area contributed by atoms with Gasteiger partial charge in [-0.3, -0.25) is 4.79 Å². The van der Waals surface area contributed by atoms with Crippen molar-refractivity contribution < 1.29 is 14.3 Å². The van der Waals surface area contributed by atoms with E-state index in [9.17, 15) is 9.59 Å². The number of likely N-dealkylation sites (tertiary alicyclic amines) is 1. The zero-order valence-electron chi connectivity index (χ0n) is 12.9. The standard InChI is InChI=1S/C16H21ClN2O3/c1-3-22-15(20)12-6-8-19(9-7-12)16(21)18-14-10-13(17)5-4-11(14)2/h4-5,10,12H,3,6-9H2,1-2H3,(H,18,21). The molecule has 2 rings (SSSR count). The summed E-state index contributed by atoms with van der Waals surface area (Å²) in [6.07, 6.45) is 1.28. The highest BCUT2D eigenvalue weighted by Crippen LogP contribution is 2.22. The number of nitrogens with one attached hydrogen (secondary N) is 1. The zero-order chi connectivity index (χ0) is 16.1. The number of anilines is 1. The number of hydrogen-bond donors (Lipinski definition) is 1. The van der Waals surface area contributed by atoms with E-state index in [0.717, 1.165) is 5.56 Å². The number of esters is 1. The lowest BCUT2D eigenvalue weighted by Gasteiger charge is -2.31. The Morgan fingerprint density at radius 3 is 2.68 bits per heavy atom. The fourth-order valence-corrected chi connectivity index (χ4v) is 2.67. The van der Waals surface area contributed by atoms with Gasteiger partial charge in [-0.1, -0.05) is 17.7 Å². The topological polar surface area (TPSA) is 58.6 Å². The smallest absolute Gasteiger partial charge is 0.321 e. The van der Waals surface area contributed by atoms with Gasteiger partial charge in [0.25, 0.3) is 0 Å². The summed E-state index contributed by atoms with van der Waals surface area (Å²) in [5, 5.41) is 3.46. The summed E-state index contributed by atoms with van der Waals surface area (Å²) in [7, 11) is 0. The van der Waals surface area contributed by atoms with Crippen molar-refractivity contribution in [3.63, 3.8) is 0 Å². The number of hydrogen-bond acceptors (Lipinski definition) is 3. The monoisotopic (exact) mass is 324 g/mol. The van der Waals surface area contributed by atoms with Crippen LogP contribution in [-0.2, 0) is 9.53 Å². The minimum atomic E-state index is -0.160. The second-order valence-corrected chi connectivity index (χ2v) is 5.84. The normalized spacial score (nSPS) is 15.5. The van der Waals surface area contributed by atoms with Crippen LogP contribution in [0.3, 0.4) is 0 Å². The average Bonchev–Trinajstić information content (AvgIpc) is 2.51. The van der Waals surface area contributed by atoms with E-state index in [0.29, 0.717) is 43.2 Å². The average molecular weight is 325 g/mol. The van der Waals surface area contributed by atoms with Gasteiger partial charge >= 0.3 is 12.0 Å². The zero-order valence-corrected chi connectivity index (χ0v) is 13.7. The Labute approximate surface area is 135 Å². The predicted molar refractivity (Wildman–Crippen MR) is 86.1 cm³/mol. The van der Waals surface area contributed by atoms with E-state index in [1.807, 2.05) is 13.0 Å². The number of amides is 2. The van der Waals surface area contributed by atoms with E-state index in [2.05, 4.69) is 5.32 Å². The third-order valence-electron chi connectivity index (χ3n) is 3.84. The maximum absolute atomic E-state index is 12.3. The fourth-order valence-electron chi connectivity index (χ4n) is 2.50. The molecular formula is C16H21ClN2O3. The Kier molecular flexibility index (Phi) is 5.66. The number of carbonyl (C=O) groups is 2. The molecule has 0 unspecified atom stereocenters. The van der Waals surface area contributed by atoms with Crippen LogP contribution in [0.2, 0.25) is 5.02 Å². The second-order valence-electron chi connectivity index (χ2n) is 5.40. The minimum absolute atomic E-state index is 0.100. The molecule has 0 spiro atoms. The van der Waals surface area contributed by atoms with Crippen LogP contribution in [0.5, 0.6) is 0 Å². The van der Waals surface area contributed by atoms with E-state index in [-0.39, 0.29) is 17.9 Å². The number of aryl methyl sites for hydroxylation is 1. The molecule has 0 atom stereocenters. The number of benzene rings is 1. The lowest BCUT2D eigenvalue weighted by atomic mass is 9.97. The van der Waals surface area contributed by atoms with Crippen LogP contribution in [0.15, 0.2) is 18.2 Å². The predicted octanol–water partition coefficient (Wildman–Crippen LogP) is 3.46. The van der Waals surface area contributed by atoms with Crippen molar-refractivity contribution in [3.05, 3.63) is 28.8 Å². The van der Waals surface area contributed by atoms with Crippen LogP contribution in [0.1, 0.15) is 25.3 Å². The third-order valence-corrected chi connectivity index (χ3v) is 4.08. The van der Waals surface area contributed by atoms with Gasteiger partial charge in [-0.05, 0) is 44.4 Å². The molecule has 1 aliphatic rings. The van der Waals surface area contributed by atoms with Crippen molar-refractivity contribution in [2.45, 2.75) is 26.7 Å². The Morgan fingerprint density at radius 2 is 2.05 bits per heavy atom. The molecule has 0 aliphatic carbocycles. The van der Waals surface area contributed by atoms with Crippen LogP contribution in [0, 0.1) is 12.8 Å². The minimum Gasteiger partial charge on any atom is -0.466 e. The summed E-state index contributed by atoms with van der Waals surface area (Å²) in [5.41, 5.74) is 1.67. The highest BCUT2D eigenvalue weighted by Gasteiger charge is 2.28. The lowest BCUT2D eigenvalue weighted by Crippen LogP contribution is -2.42. The first-order valence-electron chi connectivity index (χ1n) is 7.50. The highest BCUT2D eigenvalue weighted by atomic mass is 35.5. The van der Waals surface area contributed by atoms with E-state index in [4.69, 9.17) is 16.3 Å². The molecule has 0 bridgehead atoms. The van der Waals surface area contributed by atoms with Crippen LogP contribution in [0.4, 0.5) is 10.5 Å². The van der Waals surface area contributed by atoms with Crippen LogP contribution < -0.4 is 5.32 Å². The number of rotatable bonds is 3. The third kappa shape index (κ3) is 4.13. The first kappa shape index (κ1) is 16.6. The van der Waals surface area contributed by atoms with Gasteiger partial charge in [0, 0.05) is 23.8 Å². The van der Waals surface area contributed by atoms with E-state index < -0.39 is 0 Å². The number of nitrogens with zero attached hydrogens (tertiary/aromatic N) is 1. The van der Waals surface area contributed by atoms with Crippen molar-refractivity contribution in [2.24, 2.45) is 5.92 Å². The maximum Gasteiger partial charge on any atom is 0.321 e. The van der Waals surface area contributed by atoms with Crippen LogP contribution in [0.25, 0.3) is 0 Å². The maximum atomic E-state index is 12.3. The molecule has 1 aromatic carbocycles. The van der Waals surface area contributed by atoms with Crippen molar-refractivity contribution in [3.8, 4) is 0 Å². The van der Waals surface area contributed by atoms with Crippen LogP contribution in [-0.4, -0.2) is 36.6 Å².